The molecule has 1 aromatic heterocycles. The third-order valence-electron chi connectivity index (χ3n) is 2.58. The SMILES string of the molecule is C[C@H](OC(=O)NCc1ccccc1)C(=O)c1nccs1. The second-order valence-corrected chi connectivity index (χ2v) is 4.98. The van der Waals surface area contributed by atoms with Crippen LogP contribution in [0.25, 0.3) is 0 Å². The van der Waals surface area contributed by atoms with Gasteiger partial charge in [0.15, 0.2) is 11.1 Å². The summed E-state index contributed by atoms with van der Waals surface area (Å²) in [6.07, 6.45) is 0.0725. The smallest absolute Gasteiger partial charge is 0.408 e. The lowest BCUT2D eigenvalue weighted by Crippen LogP contribution is -2.31. The summed E-state index contributed by atoms with van der Waals surface area (Å²) in [6, 6.07) is 9.46. The Hall–Kier alpha value is -2.21. The minimum atomic E-state index is -0.850. The van der Waals surface area contributed by atoms with Crippen LogP contribution in [0.15, 0.2) is 41.9 Å². The van der Waals surface area contributed by atoms with Gasteiger partial charge in [-0.25, -0.2) is 9.78 Å². The van der Waals surface area contributed by atoms with Gasteiger partial charge in [-0.3, -0.25) is 4.79 Å². The topological polar surface area (TPSA) is 68.3 Å². The molecule has 20 heavy (non-hydrogen) atoms. The van der Waals surface area contributed by atoms with Gasteiger partial charge in [0.25, 0.3) is 0 Å². The molecule has 0 saturated carbocycles. The molecule has 0 aliphatic heterocycles. The van der Waals surface area contributed by atoms with Gasteiger partial charge in [-0.05, 0) is 12.5 Å². The Bertz CT molecular complexity index is 569. The van der Waals surface area contributed by atoms with Crippen molar-refractivity contribution in [3.05, 3.63) is 52.5 Å². The molecule has 0 unspecified atom stereocenters. The van der Waals surface area contributed by atoms with Crippen LogP contribution >= 0.6 is 11.3 Å². The number of hydrogen-bond acceptors (Lipinski definition) is 5. The number of aromatic nitrogens is 1. The number of benzene rings is 1. The van der Waals surface area contributed by atoms with Gasteiger partial charge in [0.2, 0.25) is 5.78 Å². The second kappa shape index (κ2) is 6.81. The molecule has 5 nitrogen and oxygen atoms in total. The monoisotopic (exact) mass is 290 g/mol. The zero-order valence-electron chi connectivity index (χ0n) is 10.9. The highest BCUT2D eigenvalue weighted by Gasteiger charge is 2.21. The van der Waals surface area contributed by atoms with Gasteiger partial charge in [0, 0.05) is 18.1 Å². The number of thiazole rings is 1. The van der Waals surface area contributed by atoms with Crippen LogP contribution < -0.4 is 5.32 Å². The summed E-state index contributed by atoms with van der Waals surface area (Å²) < 4.78 is 5.02. The van der Waals surface area contributed by atoms with Gasteiger partial charge in [0.05, 0.1) is 0 Å². The summed E-state index contributed by atoms with van der Waals surface area (Å²) in [6.45, 7) is 1.89. The number of ether oxygens (including phenoxy) is 1. The van der Waals surface area contributed by atoms with Gasteiger partial charge in [-0.2, -0.15) is 0 Å². The van der Waals surface area contributed by atoms with Crippen LogP contribution in [0.5, 0.6) is 0 Å². The lowest BCUT2D eigenvalue weighted by molar-refractivity contribution is 0.0670. The zero-order chi connectivity index (χ0) is 14.4. The summed E-state index contributed by atoms with van der Waals surface area (Å²) in [5.41, 5.74) is 0.961. The maximum absolute atomic E-state index is 11.9. The van der Waals surface area contributed by atoms with Crippen molar-refractivity contribution in [2.24, 2.45) is 0 Å². The summed E-state index contributed by atoms with van der Waals surface area (Å²) in [5.74, 6) is -0.296. The molecule has 0 radical (unpaired) electrons. The van der Waals surface area contributed by atoms with Crippen LogP contribution in [-0.4, -0.2) is 23.0 Å². The van der Waals surface area contributed by atoms with Crippen LogP contribution in [0.3, 0.4) is 0 Å². The van der Waals surface area contributed by atoms with E-state index in [-0.39, 0.29) is 5.78 Å². The highest BCUT2D eigenvalue weighted by molar-refractivity contribution is 7.11. The van der Waals surface area contributed by atoms with Gasteiger partial charge in [-0.1, -0.05) is 30.3 Å². The van der Waals surface area contributed by atoms with Crippen LogP contribution in [0.2, 0.25) is 0 Å². The summed E-state index contributed by atoms with van der Waals surface area (Å²) in [7, 11) is 0. The Kier molecular flexibility index (Phi) is 4.84. The molecule has 2 aromatic rings. The molecule has 1 atom stereocenters. The maximum atomic E-state index is 11.9. The van der Waals surface area contributed by atoms with Crippen LogP contribution in [0.4, 0.5) is 4.79 Å². The number of hydrogen-bond donors (Lipinski definition) is 1. The minimum absolute atomic E-state index is 0.296. The van der Waals surface area contributed by atoms with E-state index >= 15 is 0 Å². The van der Waals surface area contributed by atoms with E-state index in [0.717, 1.165) is 5.56 Å². The number of carbonyl (C=O) groups excluding carboxylic acids is 2. The Labute approximate surface area is 120 Å². The highest BCUT2D eigenvalue weighted by Crippen LogP contribution is 2.09. The molecule has 0 spiro atoms. The molecule has 1 heterocycles. The quantitative estimate of drug-likeness (QED) is 0.860. The molecule has 1 amide bonds. The van der Waals surface area contributed by atoms with E-state index in [1.54, 1.807) is 11.6 Å². The first-order chi connectivity index (χ1) is 9.66. The Morgan fingerprint density at radius 1 is 1.35 bits per heavy atom. The zero-order valence-corrected chi connectivity index (χ0v) is 11.7. The lowest BCUT2D eigenvalue weighted by atomic mass is 10.2. The fourth-order valence-corrected chi connectivity index (χ4v) is 2.20. The Morgan fingerprint density at radius 3 is 2.75 bits per heavy atom. The van der Waals surface area contributed by atoms with E-state index in [9.17, 15) is 9.59 Å². The number of ketones is 1. The number of nitrogens with zero attached hydrogens (tertiary/aromatic N) is 1. The highest BCUT2D eigenvalue weighted by atomic mass is 32.1. The van der Waals surface area contributed by atoms with Gasteiger partial charge >= 0.3 is 6.09 Å². The first-order valence-electron chi connectivity index (χ1n) is 6.09. The number of alkyl carbamates (subject to hydrolysis) is 1. The van der Waals surface area contributed by atoms with Crippen molar-refractivity contribution in [2.75, 3.05) is 0 Å². The van der Waals surface area contributed by atoms with Crippen molar-refractivity contribution in [3.8, 4) is 0 Å². The average molecular weight is 290 g/mol. The average Bonchev–Trinajstić information content (AvgIpc) is 2.99. The molecular formula is C14H14N2O3S. The van der Waals surface area contributed by atoms with E-state index < -0.39 is 12.2 Å². The molecule has 1 N–H and O–H groups in total. The Morgan fingerprint density at radius 2 is 2.10 bits per heavy atom. The number of nitrogens with one attached hydrogen (secondary N) is 1. The van der Waals surface area contributed by atoms with Crippen LogP contribution in [-0.2, 0) is 11.3 Å². The largest absolute Gasteiger partial charge is 0.438 e. The molecule has 0 aliphatic rings. The van der Waals surface area contributed by atoms with Crippen molar-refractivity contribution in [1.82, 2.24) is 10.3 Å². The fourth-order valence-electron chi connectivity index (χ4n) is 1.54. The molecule has 0 aliphatic carbocycles. The van der Waals surface area contributed by atoms with Crippen molar-refractivity contribution in [3.63, 3.8) is 0 Å². The molecule has 0 saturated heterocycles. The summed E-state index contributed by atoms with van der Waals surface area (Å²) >= 11 is 1.22. The van der Waals surface area contributed by atoms with E-state index in [4.69, 9.17) is 4.74 Å². The predicted molar refractivity (Wildman–Crippen MR) is 75.7 cm³/mol. The molecular weight excluding hydrogens is 276 g/mol. The van der Waals surface area contributed by atoms with Crippen molar-refractivity contribution < 1.29 is 14.3 Å². The van der Waals surface area contributed by atoms with Crippen molar-refractivity contribution in [2.45, 2.75) is 19.6 Å². The second-order valence-electron chi connectivity index (χ2n) is 4.09. The minimum Gasteiger partial charge on any atom is -0.438 e. The molecule has 1 aromatic carbocycles. The molecule has 0 bridgehead atoms. The van der Waals surface area contributed by atoms with E-state index in [0.29, 0.717) is 11.6 Å². The number of rotatable bonds is 5. The van der Waals surface area contributed by atoms with Crippen molar-refractivity contribution in [1.29, 1.82) is 0 Å². The van der Waals surface area contributed by atoms with E-state index in [1.807, 2.05) is 30.3 Å². The summed E-state index contributed by atoms with van der Waals surface area (Å²) in [5, 5.41) is 4.64. The maximum Gasteiger partial charge on any atom is 0.408 e. The van der Waals surface area contributed by atoms with Gasteiger partial charge in [0.1, 0.15) is 0 Å². The number of amides is 1. The first-order valence-corrected chi connectivity index (χ1v) is 6.97. The van der Waals surface area contributed by atoms with Gasteiger partial charge in [-0.15, -0.1) is 11.3 Å². The molecule has 104 valence electrons. The Balaban J connectivity index is 1.81. The molecule has 2 rings (SSSR count). The third kappa shape index (κ3) is 3.89. The van der Waals surface area contributed by atoms with Crippen LogP contribution in [0, 0.1) is 0 Å². The van der Waals surface area contributed by atoms with Gasteiger partial charge < -0.3 is 10.1 Å². The molecule has 0 fully saturated rings. The van der Waals surface area contributed by atoms with E-state index in [1.165, 1.54) is 18.3 Å². The first kappa shape index (κ1) is 14.2. The lowest BCUT2D eigenvalue weighted by Gasteiger charge is -2.11. The normalized spacial score (nSPS) is 11.7. The fraction of sp³-hybridized carbons (Fsp3) is 0.214. The predicted octanol–water partition coefficient (Wildman–Crippen LogP) is 2.64. The number of carbonyl (C=O) groups is 2. The van der Waals surface area contributed by atoms with Crippen LogP contribution in [0.1, 0.15) is 22.3 Å². The number of Topliss-reactive ketones (excluding diaryl/α,β-unsaturated/α-hetero) is 1. The standard InChI is InChI=1S/C14H14N2O3S/c1-10(12(17)13-15-7-8-20-13)19-14(18)16-9-11-5-3-2-4-6-11/h2-8,10H,9H2,1H3,(H,16,18)/t10-/m0/s1. The third-order valence-corrected chi connectivity index (χ3v) is 3.36. The summed E-state index contributed by atoms with van der Waals surface area (Å²) in [4.78, 5) is 27.4. The van der Waals surface area contributed by atoms with E-state index in [2.05, 4.69) is 10.3 Å². The molecule has 6 heteroatoms. The van der Waals surface area contributed by atoms with Crippen molar-refractivity contribution >= 4 is 23.2 Å².